The lowest BCUT2D eigenvalue weighted by Crippen LogP contribution is -2.02. The number of nitrogens with zero attached hydrogens (tertiary/aromatic N) is 3. The first-order chi connectivity index (χ1) is 8.11. The third kappa shape index (κ3) is 2.50. The molecule has 1 heterocycles. The highest BCUT2D eigenvalue weighted by atomic mass is 79.9. The van der Waals surface area contributed by atoms with Gasteiger partial charge in [-0.3, -0.25) is 0 Å². The summed E-state index contributed by atoms with van der Waals surface area (Å²) in [6.07, 6.45) is 2.07. The number of hydrogen-bond acceptors (Lipinski definition) is 3. The second-order valence-electron chi connectivity index (χ2n) is 3.41. The van der Waals surface area contributed by atoms with Crippen LogP contribution in [0.3, 0.4) is 0 Å². The molecule has 0 unspecified atom stereocenters. The molecule has 2 aromatic rings. The Morgan fingerprint density at radius 3 is 2.76 bits per heavy atom. The molecule has 0 aliphatic rings. The van der Waals surface area contributed by atoms with Crippen molar-refractivity contribution in [2.75, 3.05) is 6.54 Å². The Balaban J connectivity index is 2.41. The van der Waals surface area contributed by atoms with E-state index in [4.69, 9.17) is 5.73 Å². The zero-order valence-corrected chi connectivity index (χ0v) is 10.3. The summed E-state index contributed by atoms with van der Waals surface area (Å²) in [5.41, 5.74) is 6.01. The van der Waals surface area contributed by atoms with Crippen molar-refractivity contribution in [3.05, 3.63) is 40.1 Å². The van der Waals surface area contributed by atoms with Gasteiger partial charge >= 0.3 is 0 Å². The van der Waals surface area contributed by atoms with Gasteiger partial charge in [-0.1, -0.05) is 5.21 Å². The fraction of sp³-hybridized carbons (Fsp3) is 0.200. The standard InChI is InChI=1S/C10H9BrF2N4/c11-7-3-9(13)10(4-8(7)12)17-5-6(1-2-14)15-16-17/h3-5H,1-2,14H2. The Labute approximate surface area is 105 Å². The largest absolute Gasteiger partial charge is 0.330 e. The molecule has 0 aliphatic heterocycles. The molecule has 0 amide bonds. The molecule has 2 rings (SSSR count). The van der Waals surface area contributed by atoms with E-state index in [0.717, 1.165) is 12.1 Å². The summed E-state index contributed by atoms with van der Waals surface area (Å²) in [5, 5.41) is 7.53. The van der Waals surface area contributed by atoms with Crippen molar-refractivity contribution in [1.82, 2.24) is 15.0 Å². The minimum absolute atomic E-state index is 0.0153. The van der Waals surface area contributed by atoms with Gasteiger partial charge in [0.15, 0.2) is 0 Å². The van der Waals surface area contributed by atoms with Gasteiger partial charge in [-0.25, -0.2) is 13.5 Å². The molecule has 0 radical (unpaired) electrons. The first-order valence-corrected chi connectivity index (χ1v) is 5.67. The molecule has 0 bridgehead atoms. The van der Waals surface area contributed by atoms with E-state index in [-0.39, 0.29) is 10.2 Å². The number of halogens is 3. The number of hydrogen-bond donors (Lipinski definition) is 1. The van der Waals surface area contributed by atoms with E-state index in [1.165, 1.54) is 10.9 Å². The van der Waals surface area contributed by atoms with Crippen molar-refractivity contribution in [3.8, 4) is 5.69 Å². The summed E-state index contributed by atoms with van der Waals surface area (Å²) in [6.45, 7) is 0.426. The molecule has 0 atom stereocenters. The summed E-state index contributed by atoms with van der Waals surface area (Å²) in [5.74, 6) is -1.14. The summed E-state index contributed by atoms with van der Waals surface area (Å²) < 4.78 is 28.2. The van der Waals surface area contributed by atoms with Gasteiger partial charge in [0.2, 0.25) is 0 Å². The average Bonchev–Trinajstić information content (AvgIpc) is 2.72. The topological polar surface area (TPSA) is 56.7 Å². The molecule has 0 saturated carbocycles. The molecule has 17 heavy (non-hydrogen) atoms. The minimum atomic E-state index is -0.581. The van der Waals surface area contributed by atoms with Crippen LogP contribution in [0.5, 0.6) is 0 Å². The summed E-state index contributed by atoms with van der Waals surface area (Å²) in [6, 6.07) is 2.11. The molecule has 0 spiro atoms. The lowest BCUT2D eigenvalue weighted by Gasteiger charge is -2.03. The van der Waals surface area contributed by atoms with Gasteiger partial charge in [-0.15, -0.1) is 5.10 Å². The lowest BCUT2D eigenvalue weighted by atomic mass is 10.3. The molecule has 0 saturated heterocycles. The Morgan fingerprint density at radius 2 is 2.06 bits per heavy atom. The Morgan fingerprint density at radius 1 is 1.29 bits per heavy atom. The van der Waals surface area contributed by atoms with E-state index in [1.807, 2.05) is 0 Å². The highest BCUT2D eigenvalue weighted by molar-refractivity contribution is 9.10. The van der Waals surface area contributed by atoms with Crippen LogP contribution in [0.2, 0.25) is 0 Å². The van der Waals surface area contributed by atoms with Crippen molar-refractivity contribution in [2.24, 2.45) is 5.73 Å². The van der Waals surface area contributed by atoms with Crippen molar-refractivity contribution >= 4 is 15.9 Å². The van der Waals surface area contributed by atoms with Crippen LogP contribution in [0.4, 0.5) is 8.78 Å². The Kier molecular flexibility index (Phi) is 3.49. The maximum absolute atomic E-state index is 13.6. The second kappa shape index (κ2) is 4.89. The van der Waals surface area contributed by atoms with E-state index in [1.54, 1.807) is 0 Å². The molecular weight excluding hydrogens is 294 g/mol. The molecular formula is C10H9BrF2N4. The highest BCUT2D eigenvalue weighted by Crippen LogP contribution is 2.22. The second-order valence-corrected chi connectivity index (χ2v) is 4.27. The zero-order valence-electron chi connectivity index (χ0n) is 8.70. The molecule has 1 aromatic carbocycles. The SMILES string of the molecule is NCCc1cn(-c2cc(F)c(Br)cc2F)nn1. The normalized spacial score (nSPS) is 10.8. The predicted molar refractivity (Wildman–Crippen MR) is 61.7 cm³/mol. The molecule has 2 N–H and O–H groups in total. The van der Waals surface area contributed by atoms with Gasteiger partial charge in [-0.05, 0) is 28.5 Å². The van der Waals surface area contributed by atoms with Crippen molar-refractivity contribution < 1.29 is 8.78 Å². The van der Waals surface area contributed by atoms with Crippen molar-refractivity contribution in [2.45, 2.75) is 6.42 Å². The van der Waals surface area contributed by atoms with Crippen LogP contribution < -0.4 is 5.73 Å². The van der Waals surface area contributed by atoms with Crippen molar-refractivity contribution in [1.29, 1.82) is 0 Å². The maximum Gasteiger partial charge on any atom is 0.150 e. The van der Waals surface area contributed by atoms with Crippen molar-refractivity contribution in [3.63, 3.8) is 0 Å². The molecule has 7 heteroatoms. The van der Waals surface area contributed by atoms with E-state index >= 15 is 0 Å². The van der Waals surface area contributed by atoms with E-state index < -0.39 is 11.6 Å². The smallest absolute Gasteiger partial charge is 0.150 e. The summed E-state index contributed by atoms with van der Waals surface area (Å²) in [4.78, 5) is 0. The van der Waals surface area contributed by atoms with Gasteiger partial charge in [0.1, 0.15) is 17.3 Å². The van der Waals surface area contributed by atoms with Crippen LogP contribution in [-0.4, -0.2) is 21.5 Å². The Bertz CT molecular complexity index is 541. The average molecular weight is 303 g/mol. The number of rotatable bonds is 3. The van der Waals surface area contributed by atoms with E-state index in [0.29, 0.717) is 18.7 Å². The fourth-order valence-corrected chi connectivity index (χ4v) is 1.68. The summed E-state index contributed by atoms with van der Waals surface area (Å²) in [7, 11) is 0. The van der Waals surface area contributed by atoms with Gasteiger partial charge in [0, 0.05) is 12.5 Å². The van der Waals surface area contributed by atoms with Crippen LogP contribution in [0.25, 0.3) is 5.69 Å². The molecule has 4 nitrogen and oxygen atoms in total. The monoisotopic (exact) mass is 302 g/mol. The fourth-order valence-electron chi connectivity index (χ4n) is 1.37. The van der Waals surface area contributed by atoms with Crippen LogP contribution in [0.15, 0.2) is 22.8 Å². The van der Waals surface area contributed by atoms with Gasteiger partial charge < -0.3 is 5.73 Å². The zero-order chi connectivity index (χ0) is 12.4. The molecule has 1 aromatic heterocycles. The van der Waals surface area contributed by atoms with Gasteiger partial charge in [-0.2, -0.15) is 0 Å². The predicted octanol–water partition coefficient (Wildman–Crippen LogP) is 1.81. The third-order valence-electron chi connectivity index (χ3n) is 2.18. The van der Waals surface area contributed by atoms with Gasteiger partial charge in [0.05, 0.1) is 16.4 Å². The number of benzene rings is 1. The van der Waals surface area contributed by atoms with Crippen LogP contribution in [0, 0.1) is 11.6 Å². The quantitative estimate of drug-likeness (QED) is 0.880. The van der Waals surface area contributed by atoms with Crippen LogP contribution in [-0.2, 0) is 6.42 Å². The molecule has 0 aliphatic carbocycles. The molecule has 0 fully saturated rings. The van der Waals surface area contributed by atoms with Crippen LogP contribution >= 0.6 is 15.9 Å². The first kappa shape index (κ1) is 12.1. The van der Waals surface area contributed by atoms with E-state index in [9.17, 15) is 8.78 Å². The first-order valence-electron chi connectivity index (χ1n) is 4.88. The van der Waals surface area contributed by atoms with Crippen LogP contribution in [0.1, 0.15) is 5.69 Å². The number of nitrogens with two attached hydrogens (primary N) is 1. The Hall–Kier alpha value is -1.34. The highest BCUT2D eigenvalue weighted by Gasteiger charge is 2.11. The van der Waals surface area contributed by atoms with Gasteiger partial charge in [0.25, 0.3) is 0 Å². The number of aromatic nitrogens is 3. The minimum Gasteiger partial charge on any atom is -0.330 e. The third-order valence-corrected chi connectivity index (χ3v) is 2.79. The lowest BCUT2D eigenvalue weighted by molar-refractivity contribution is 0.579. The maximum atomic E-state index is 13.6. The molecule has 90 valence electrons. The summed E-state index contributed by atoms with van der Waals surface area (Å²) >= 11 is 2.91. The van der Waals surface area contributed by atoms with E-state index in [2.05, 4.69) is 26.2 Å².